The molecule has 3 nitrogen and oxygen atoms in total. The molecular formula is C17H17Cl2NO2. The third kappa shape index (κ3) is 4.39. The van der Waals surface area contributed by atoms with E-state index in [0.717, 1.165) is 11.1 Å². The van der Waals surface area contributed by atoms with Crippen LogP contribution in [-0.4, -0.2) is 12.5 Å². The number of benzene rings is 2. The summed E-state index contributed by atoms with van der Waals surface area (Å²) in [6, 6.07) is 12.7. The first-order valence-electron chi connectivity index (χ1n) is 6.90. The number of halogens is 2. The van der Waals surface area contributed by atoms with E-state index in [2.05, 4.69) is 5.32 Å². The molecule has 1 N–H and O–H groups in total. The summed E-state index contributed by atoms with van der Waals surface area (Å²) in [6.07, 6.45) is 0. The SMILES string of the molecule is Cc1ccccc1OCC(=O)NC(C)c1ccc(Cl)c(Cl)c1. The van der Waals surface area contributed by atoms with Crippen molar-refractivity contribution < 1.29 is 9.53 Å². The molecule has 1 atom stereocenters. The topological polar surface area (TPSA) is 38.3 Å². The Morgan fingerprint density at radius 1 is 1.18 bits per heavy atom. The van der Waals surface area contributed by atoms with Gasteiger partial charge in [-0.2, -0.15) is 0 Å². The average molecular weight is 338 g/mol. The van der Waals surface area contributed by atoms with Gasteiger partial charge in [-0.15, -0.1) is 0 Å². The number of aryl methyl sites for hydroxylation is 1. The standard InChI is InChI=1S/C17H17Cl2NO2/c1-11-5-3-4-6-16(11)22-10-17(21)20-12(2)13-7-8-14(18)15(19)9-13/h3-9,12H,10H2,1-2H3,(H,20,21). The molecule has 1 unspecified atom stereocenters. The number of hydrogen-bond donors (Lipinski definition) is 1. The van der Waals surface area contributed by atoms with Gasteiger partial charge in [0.15, 0.2) is 6.61 Å². The van der Waals surface area contributed by atoms with Gasteiger partial charge in [-0.25, -0.2) is 0 Å². The lowest BCUT2D eigenvalue weighted by atomic mass is 10.1. The second kappa shape index (κ2) is 7.52. The molecule has 0 saturated carbocycles. The number of rotatable bonds is 5. The number of carbonyl (C=O) groups excluding carboxylic acids is 1. The lowest BCUT2D eigenvalue weighted by Crippen LogP contribution is -2.31. The summed E-state index contributed by atoms with van der Waals surface area (Å²) >= 11 is 11.9. The van der Waals surface area contributed by atoms with Gasteiger partial charge >= 0.3 is 0 Å². The zero-order valence-corrected chi connectivity index (χ0v) is 13.9. The van der Waals surface area contributed by atoms with E-state index in [9.17, 15) is 4.79 Å². The highest BCUT2D eigenvalue weighted by Crippen LogP contribution is 2.25. The van der Waals surface area contributed by atoms with Gasteiger partial charge in [0, 0.05) is 0 Å². The van der Waals surface area contributed by atoms with E-state index in [1.54, 1.807) is 12.1 Å². The fourth-order valence-corrected chi connectivity index (χ4v) is 2.32. The Balaban J connectivity index is 1.91. The summed E-state index contributed by atoms with van der Waals surface area (Å²) in [5.74, 6) is 0.515. The molecule has 0 bridgehead atoms. The highest BCUT2D eigenvalue weighted by atomic mass is 35.5. The van der Waals surface area contributed by atoms with Crippen LogP contribution in [0.4, 0.5) is 0 Å². The maximum Gasteiger partial charge on any atom is 0.258 e. The molecule has 0 aliphatic rings. The van der Waals surface area contributed by atoms with Crippen molar-refractivity contribution in [3.63, 3.8) is 0 Å². The van der Waals surface area contributed by atoms with Gasteiger partial charge in [-0.05, 0) is 43.2 Å². The minimum absolute atomic E-state index is 0.0312. The van der Waals surface area contributed by atoms with Crippen molar-refractivity contribution in [1.82, 2.24) is 5.32 Å². The summed E-state index contributed by atoms with van der Waals surface area (Å²) in [5.41, 5.74) is 1.88. The number of para-hydroxylation sites is 1. The Bertz CT molecular complexity index is 673. The predicted octanol–water partition coefficient (Wildman–Crippen LogP) is 4.56. The summed E-state index contributed by atoms with van der Waals surface area (Å²) in [6.45, 7) is 3.79. The van der Waals surface area contributed by atoms with Crippen molar-refractivity contribution >= 4 is 29.1 Å². The van der Waals surface area contributed by atoms with E-state index in [-0.39, 0.29) is 18.6 Å². The average Bonchev–Trinajstić information content (AvgIpc) is 2.49. The molecule has 2 rings (SSSR count). The van der Waals surface area contributed by atoms with Crippen molar-refractivity contribution in [3.05, 3.63) is 63.6 Å². The van der Waals surface area contributed by atoms with Crippen LogP contribution in [0.3, 0.4) is 0 Å². The normalized spacial score (nSPS) is 11.8. The third-order valence-electron chi connectivity index (χ3n) is 3.27. The van der Waals surface area contributed by atoms with Crippen LogP contribution >= 0.6 is 23.2 Å². The van der Waals surface area contributed by atoms with Crippen LogP contribution in [0.25, 0.3) is 0 Å². The predicted molar refractivity (Wildman–Crippen MR) is 89.7 cm³/mol. The van der Waals surface area contributed by atoms with Gasteiger partial charge in [0.05, 0.1) is 16.1 Å². The molecule has 2 aromatic rings. The number of ether oxygens (including phenoxy) is 1. The van der Waals surface area contributed by atoms with Crippen LogP contribution < -0.4 is 10.1 Å². The molecule has 0 aliphatic heterocycles. The van der Waals surface area contributed by atoms with Gasteiger partial charge < -0.3 is 10.1 Å². The van der Waals surface area contributed by atoms with Crippen LogP contribution in [0.5, 0.6) is 5.75 Å². The van der Waals surface area contributed by atoms with E-state index in [4.69, 9.17) is 27.9 Å². The minimum atomic E-state index is -0.193. The first-order valence-corrected chi connectivity index (χ1v) is 7.65. The Hall–Kier alpha value is -1.71. The Morgan fingerprint density at radius 2 is 1.91 bits per heavy atom. The van der Waals surface area contributed by atoms with Gasteiger partial charge in [0.2, 0.25) is 0 Å². The monoisotopic (exact) mass is 337 g/mol. The molecule has 0 aliphatic carbocycles. The molecule has 0 fully saturated rings. The van der Waals surface area contributed by atoms with Crippen LogP contribution in [0.15, 0.2) is 42.5 Å². The largest absolute Gasteiger partial charge is 0.484 e. The smallest absolute Gasteiger partial charge is 0.258 e. The fourth-order valence-electron chi connectivity index (χ4n) is 2.01. The lowest BCUT2D eigenvalue weighted by molar-refractivity contribution is -0.123. The quantitative estimate of drug-likeness (QED) is 0.868. The molecule has 0 heterocycles. The molecule has 0 radical (unpaired) electrons. The van der Waals surface area contributed by atoms with Crippen LogP contribution in [-0.2, 0) is 4.79 Å². The molecular weight excluding hydrogens is 321 g/mol. The van der Waals surface area contributed by atoms with Gasteiger partial charge in [-0.3, -0.25) is 4.79 Å². The summed E-state index contributed by atoms with van der Waals surface area (Å²) in [5, 5.41) is 3.83. The van der Waals surface area contributed by atoms with Crippen molar-refractivity contribution in [2.45, 2.75) is 19.9 Å². The Morgan fingerprint density at radius 3 is 2.59 bits per heavy atom. The summed E-state index contributed by atoms with van der Waals surface area (Å²) in [7, 11) is 0. The Labute approximate surface area is 140 Å². The second-order valence-corrected chi connectivity index (χ2v) is 5.83. The highest BCUT2D eigenvalue weighted by Gasteiger charge is 2.12. The first kappa shape index (κ1) is 16.7. The maximum atomic E-state index is 12.0. The molecule has 5 heteroatoms. The second-order valence-electron chi connectivity index (χ2n) is 5.02. The van der Waals surface area contributed by atoms with Crippen molar-refractivity contribution in [2.24, 2.45) is 0 Å². The lowest BCUT2D eigenvalue weighted by Gasteiger charge is -2.15. The molecule has 1 amide bonds. The van der Waals surface area contributed by atoms with Crippen LogP contribution in [0.2, 0.25) is 10.0 Å². The maximum absolute atomic E-state index is 12.0. The first-order chi connectivity index (χ1) is 10.5. The van der Waals surface area contributed by atoms with Gasteiger partial charge in [-0.1, -0.05) is 47.5 Å². The molecule has 0 saturated heterocycles. The number of amides is 1. The van der Waals surface area contributed by atoms with E-state index < -0.39 is 0 Å². The van der Waals surface area contributed by atoms with E-state index in [1.807, 2.05) is 44.2 Å². The molecule has 0 spiro atoms. The zero-order chi connectivity index (χ0) is 16.1. The van der Waals surface area contributed by atoms with Crippen molar-refractivity contribution in [1.29, 1.82) is 0 Å². The van der Waals surface area contributed by atoms with E-state index in [0.29, 0.717) is 15.8 Å². The van der Waals surface area contributed by atoms with Crippen LogP contribution in [0.1, 0.15) is 24.1 Å². The summed E-state index contributed by atoms with van der Waals surface area (Å²) in [4.78, 5) is 12.0. The molecule has 2 aromatic carbocycles. The van der Waals surface area contributed by atoms with Crippen LogP contribution in [0, 0.1) is 6.92 Å². The minimum Gasteiger partial charge on any atom is -0.484 e. The van der Waals surface area contributed by atoms with E-state index >= 15 is 0 Å². The molecule has 0 aromatic heterocycles. The number of carbonyl (C=O) groups is 1. The highest BCUT2D eigenvalue weighted by molar-refractivity contribution is 6.42. The van der Waals surface area contributed by atoms with Crippen molar-refractivity contribution in [3.8, 4) is 5.75 Å². The number of nitrogens with one attached hydrogen (secondary N) is 1. The fraction of sp³-hybridized carbons (Fsp3) is 0.235. The van der Waals surface area contributed by atoms with Gasteiger partial charge in [0.1, 0.15) is 5.75 Å². The van der Waals surface area contributed by atoms with Crippen molar-refractivity contribution in [2.75, 3.05) is 6.61 Å². The number of hydrogen-bond acceptors (Lipinski definition) is 2. The van der Waals surface area contributed by atoms with E-state index in [1.165, 1.54) is 0 Å². The molecule has 116 valence electrons. The summed E-state index contributed by atoms with van der Waals surface area (Å²) < 4.78 is 5.52. The molecule has 22 heavy (non-hydrogen) atoms. The Kier molecular flexibility index (Phi) is 5.69. The zero-order valence-electron chi connectivity index (χ0n) is 12.4. The third-order valence-corrected chi connectivity index (χ3v) is 4.01. The van der Waals surface area contributed by atoms with Gasteiger partial charge in [0.25, 0.3) is 5.91 Å².